The number of urea groups is 1. The zero-order valence-electron chi connectivity index (χ0n) is 31.5. The highest BCUT2D eigenvalue weighted by Crippen LogP contribution is 2.39. The van der Waals surface area contributed by atoms with E-state index in [1.807, 2.05) is 45.6 Å². The lowest BCUT2D eigenvalue weighted by Gasteiger charge is -2.32. The molecule has 0 unspecified atom stereocenters. The number of hydrogen-bond donors (Lipinski definition) is 2. The van der Waals surface area contributed by atoms with Gasteiger partial charge in [0.05, 0.1) is 23.6 Å². The molecule has 12 heteroatoms. The van der Waals surface area contributed by atoms with Crippen molar-refractivity contribution < 1.29 is 9.53 Å². The number of amides is 2. The van der Waals surface area contributed by atoms with Gasteiger partial charge < -0.3 is 19.9 Å². The summed E-state index contributed by atoms with van der Waals surface area (Å²) in [4.78, 5) is 20.9. The molecule has 5 heterocycles. The van der Waals surface area contributed by atoms with Crippen molar-refractivity contribution in [3.8, 4) is 11.4 Å². The molecule has 2 atom stereocenters. The lowest BCUT2D eigenvalue weighted by Crippen LogP contribution is -2.43. The number of pyridine rings is 1. The van der Waals surface area contributed by atoms with E-state index in [9.17, 15) is 4.79 Å². The number of nitrogens with zero attached hydrogens (tertiary/aromatic N) is 8. The number of nitrogens with one attached hydrogen (secondary N) is 2. The Hall–Kier alpha value is -4.94. The number of anilines is 2. The zero-order valence-corrected chi connectivity index (χ0v) is 31.5. The van der Waals surface area contributed by atoms with Gasteiger partial charge >= 0.3 is 6.03 Å². The van der Waals surface area contributed by atoms with E-state index in [1.54, 1.807) is 0 Å². The van der Waals surface area contributed by atoms with E-state index in [1.165, 1.54) is 24.8 Å². The zero-order chi connectivity index (χ0) is 36.5. The molecule has 2 amide bonds. The number of piperazine rings is 1. The Morgan fingerprint density at radius 2 is 1.62 bits per heavy atom. The number of hydrogen-bond acceptors (Lipinski definition) is 8. The molecular formula is C41H52N10O2. The predicted octanol–water partition coefficient (Wildman–Crippen LogP) is 6.73. The van der Waals surface area contributed by atoms with E-state index in [2.05, 4.69) is 99.7 Å². The molecule has 8 rings (SSSR count). The highest BCUT2D eigenvalue weighted by atomic mass is 16.5. The normalized spacial score (nSPS) is 20.0. The first-order chi connectivity index (χ1) is 25.7. The highest BCUT2D eigenvalue weighted by molar-refractivity contribution is 5.89. The summed E-state index contributed by atoms with van der Waals surface area (Å²) in [7, 11) is 2.18. The lowest BCUT2D eigenvalue weighted by molar-refractivity contribution is 0.148. The second-order valence-electron chi connectivity index (χ2n) is 15.9. The number of piperidine rings is 1. The van der Waals surface area contributed by atoms with E-state index in [0.29, 0.717) is 5.82 Å². The molecule has 2 fully saturated rings. The SMILES string of the molecule is CN1CCN(Cc2ccc(-n3nc(C(C)(C)C)cc3NC(=O)N[C@H]3CC[C@@H](Oc4ccc5nnc(N6CCCCC6)n5c4)c4ccccc43)cc2)CC1. The van der Waals surface area contributed by atoms with E-state index >= 15 is 0 Å². The average molecular weight is 717 g/mol. The van der Waals surface area contributed by atoms with Crippen LogP contribution in [-0.4, -0.2) is 86.5 Å². The van der Waals surface area contributed by atoms with Gasteiger partial charge in [0.15, 0.2) is 5.65 Å². The summed E-state index contributed by atoms with van der Waals surface area (Å²) >= 11 is 0. The van der Waals surface area contributed by atoms with Gasteiger partial charge in [-0.05, 0) is 80.1 Å². The first-order valence-corrected chi connectivity index (χ1v) is 19.2. The molecule has 3 aromatic heterocycles. The third-order valence-corrected chi connectivity index (χ3v) is 10.9. The largest absolute Gasteiger partial charge is 0.484 e. The summed E-state index contributed by atoms with van der Waals surface area (Å²) in [5.74, 6) is 2.28. The molecule has 278 valence electrons. The molecular weight excluding hydrogens is 665 g/mol. The van der Waals surface area contributed by atoms with Crippen LogP contribution >= 0.6 is 0 Å². The molecule has 0 saturated carbocycles. The standard InChI is InChI=1S/C41H52N10O2/c1-41(2,3)36-26-38(51(46-36)30-14-12-29(13-15-30)27-48-24-22-47(4)23-25-48)43-39(52)42-34-17-18-35(33-11-7-6-10-32(33)34)53-31-16-19-37-44-45-40(50(37)28-31)49-20-8-5-9-21-49/h6-7,10-16,19,26,28,34-35H,5,8-9,17-18,20-25,27H2,1-4H3,(H2,42,43,52)/t34-,35+/m0/s1. The van der Waals surface area contributed by atoms with Gasteiger partial charge in [-0.3, -0.25) is 14.6 Å². The quantitative estimate of drug-likeness (QED) is 0.182. The van der Waals surface area contributed by atoms with Crippen molar-refractivity contribution in [2.24, 2.45) is 0 Å². The average Bonchev–Trinajstić information content (AvgIpc) is 3.79. The van der Waals surface area contributed by atoms with Crippen molar-refractivity contribution in [2.75, 3.05) is 56.5 Å². The number of carbonyl (C=O) groups excluding carboxylic acids is 1. The van der Waals surface area contributed by atoms with Gasteiger partial charge in [-0.25, -0.2) is 9.48 Å². The third kappa shape index (κ3) is 7.75. The van der Waals surface area contributed by atoms with E-state index in [0.717, 1.165) is 98.5 Å². The minimum absolute atomic E-state index is 0.144. The van der Waals surface area contributed by atoms with Gasteiger partial charge in [0.2, 0.25) is 5.95 Å². The van der Waals surface area contributed by atoms with E-state index in [-0.39, 0.29) is 23.6 Å². The van der Waals surface area contributed by atoms with Crippen molar-refractivity contribution in [1.82, 2.24) is 39.5 Å². The van der Waals surface area contributed by atoms with Crippen LogP contribution in [0.4, 0.5) is 16.6 Å². The van der Waals surface area contributed by atoms with Gasteiger partial charge in [0.25, 0.3) is 0 Å². The molecule has 0 bridgehead atoms. The second kappa shape index (κ2) is 14.8. The van der Waals surface area contributed by atoms with Crippen molar-refractivity contribution in [3.63, 3.8) is 0 Å². The van der Waals surface area contributed by atoms with Gasteiger partial charge in [-0.15, -0.1) is 10.2 Å². The van der Waals surface area contributed by atoms with Crippen LogP contribution in [0.15, 0.2) is 72.9 Å². The smallest absolute Gasteiger partial charge is 0.320 e. The minimum atomic E-state index is -0.263. The number of aromatic nitrogens is 5. The van der Waals surface area contributed by atoms with Gasteiger partial charge in [-0.2, -0.15) is 5.10 Å². The topological polar surface area (TPSA) is 108 Å². The number of fused-ring (bicyclic) bond motifs is 2. The van der Waals surface area contributed by atoms with Crippen LogP contribution < -0.4 is 20.3 Å². The monoisotopic (exact) mass is 716 g/mol. The van der Waals surface area contributed by atoms with Gasteiger partial charge in [-0.1, -0.05) is 57.2 Å². The van der Waals surface area contributed by atoms with Crippen LogP contribution in [0.1, 0.15) is 87.4 Å². The third-order valence-electron chi connectivity index (χ3n) is 10.9. The number of benzene rings is 2. The fourth-order valence-corrected chi connectivity index (χ4v) is 7.78. The minimum Gasteiger partial charge on any atom is -0.484 e. The first-order valence-electron chi connectivity index (χ1n) is 19.2. The van der Waals surface area contributed by atoms with Crippen LogP contribution in [0.25, 0.3) is 11.3 Å². The Balaban J connectivity index is 0.963. The van der Waals surface area contributed by atoms with E-state index < -0.39 is 0 Å². The highest BCUT2D eigenvalue weighted by Gasteiger charge is 2.30. The number of likely N-dealkylation sites (N-methyl/N-ethyl adjacent to an activating group) is 1. The fourth-order valence-electron chi connectivity index (χ4n) is 7.78. The Bertz CT molecular complexity index is 2030. The summed E-state index contributed by atoms with van der Waals surface area (Å²) in [5, 5.41) is 20.3. The first kappa shape index (κ1) is 35.1. The molecule has 2 aromatic carbocycles. The lowest BCUT2D eigenvalue weighted by atomic mass is 9.85. The van der Waals surface area contributed by atoms with Crippen LogP contribution in [0.3, 0.4) is 0 Å². The number of rotatable bonds is 8. The summed E-state index contributed by atoms with van der Waals surface area (Å²) < 4.78 is 10.6. The summed E-state index contributed by atoms with van der Waals surface area (Å²) in [6, 6.07) is 22.3. The maximum absolute atomic E-state index is 13.7. The summed E-state index contributed by atoms with van der Waals surface area (Å²) in [6.07, 6.45) is 6.96. The molecule has 0 radical (unpaired) electrons. The molecule has 5 aromatic rings. The Labute approximate surface area is 312 Å². The van der Waals surface area contributed by atoms with Crippen molar-refractivity contribution >= 4 is 23.4 Å². The van der Waals surface area contributed by atoms with Crippen molar-refractivity contribution in [2.45, 2.75) is 77.0 Å². The number of carbonyl (C=O) groups is 1. The van der Waals surface area contributed by atoms with Crippen LogP contribution in [0.5, 0.6) is 5.75 Å². The molecule has 1 aliphatic carbocycles. The Morgan fingerprint density at radius 3 is 2.38 bits per heavy atom. The maximum atomic E-state index is 13.7. The summed E-state index contributed by atoms with van der Waals surface area (Å²) in [6.45, 7) is 13.7. The van der Waals surface area contributed by atoms with E-state index in [4.69, 9.17) is 9.84 Å². The Kier molecular flexibility index (Phi) is 9.82. The fraction of sp³-hybridized carbons (Fsp3) is 0.463. The molecule has 12 nitrogen and oxygen atoms in total. The van der Waals surface area contributed by atoms with Crippen LogP contribution in [-0.2, 0) is 12.0 Å². The number of ether oxygens (including phenoxy) is 1. The maximum Gasteiger partial charge on any atom is 0.320 e. The molecule has 2 aliphatic heterocycles. The molecule has 2 saturated heterocycles. The van der Waals surface area contributed by atoms with Crippen LogP contribution in [0.2, 0.25) is 0 Å². The van der Waals surface area contributed by atoms with Gasteiger partial charge in [0.1, 0.15) is 17.7 Å². The molecule has 53 heavy (non-hydrogen) atoms. The molecule has 2 N–H and O–H groups in total. The molecule has 0 spiro atoms. The van der Waals surface area contributed by atoms with Crippen molar-refractivity contribution in [1.29, 1.82) is 0 Å². The molecule has 3 aliphatic rings. The Morgan fingerprint density at radius 1 is 0.868 bits per heavy atom. The van der Waals surface area contributed by atoms with Gasteiger partial charge in [0, 0.05) is 57.3 Å². The van der Waals surface area contributed by atoms with Crippen LogP contribution in [0, 0.1) is 0 Å². The predicted molar refractivity (Wildman–Crippen MR) is 208 cm³/mol. The second-order valence-corrected chi connectivity index (χ2v) is 15.9. The summed E-state index contributed by atoms with van der Waals surface area (Å²) in [5.41, 5.74) is 5.86. The van der Waals surface area contributed by atoms with Crippen molar-refractivity contribution in [3.05, 3.63) is 95.3 Å².